The average molecular weight is 236 g/mol. The molecule has 4 nitrogen and oxygen atoms in total. The van der Waals surface area contributed by atoms with Gasteiger partial charge in [-0.1, -0.05) is 11.1 Å². The van der Waals surface area contributed by atoms with Crippen LogP contribution < -0.4 is 0 Å². The van der Waals surface area contributed by atoms with Crippen molar-refractivity contribution in [1.82, 2.24) is 9.97 Å². The molecule has 2 bridgehead atoms. The summed E-state index contributed by atoms with van der Waals surface area (Å²) in [6.45, 7) is 4.23. The van der Waals surface area contributed by atoms with E-state index in [1.54, 1.807) is 0 Å². The van der Waals surface area contributed by atoms with Gasteiger partial charge in [0, 0.05) is 11.8 Å². The van der Waals surface area contributed by atoms with E-state index in [1.807, 2.05) is 12.1 Å². The third kappa shape index (κ3) is 1.23. The molecule has 1 fully saturated rings. The van der Waals surface area contributed by atoms with Crippen molar-refractivity contribution in [2.45, 2.75) is 38.5 Å². The third-order valence-electron chi connectivity index (χ3n) is 3.90. The Kier molecular flexibility index (Phi) is 2.21. The van der Waals surface area contributed by atoms with Gasteiger partial charge in [-0.05, 0) is 26.7 Å². The summed E-state index contributed by atoms with van der Waals surface area (Å²) in [6.07, 6.45) is 2.17. The highest BCUT2D eigenvalue weighted by Crippen LogP contribution is 2.56. The minimum absolute atomic E-state index is 0.164. The number of rotatable bonds is 0. The van der Waals surface area contributed by atoms with Crippen LogP contribution in [0.2, 0.25) is 0 Å². The number of nitrogens with zero attached hydrogens (tertiary/aromatic N) is 4. The zero-order valence-corrected chi connectivity index (χ0v) is 10.4. The van der Waals surface area contributed by atoms with Gasteiger partial charge in [-0.25, -0.2) is 9.97 Å². The molecule has 2 atom stereocenters. The normalized spacial score (nSPS) is 23.4. The minimum Gasteiger partial charge on any atom is -0.237 e. The topological polar surface area (TPSA) is 73.4 Å². The largest absolute Gasteiger partial charge is 0.237 e. The summed E-state index contributed by atoms with van der Waals surface area (Å²) in [5.74, 6) is 0.643. The van der Waals surface area contributed by atoms with Crippen LogP contribution in [0.25, 0.3) is 0 Å². The van der Waals surface area contributed by atoms with Crippen molar-refractivity contribution >= 4 is 0 Å². The highest BCUT2D eigenvalue weighted by molar-refractivity contribution is 5.51. The molecule has 4 heteroatoms. The molecule has 0 aliphatic heterocycles. The van der Waals surface area contributed by atoms with Crippen LogP contribution >= 0.6 is 0 Å². The van der Waals surface area contributed by atoms with Crippen LogP contribution in [-0.2, 0) is 0 Å². The molecular formula is C14H12N4. The highest BCUT2D eigenvalue weighted by Gasteiger charge is 2.44. The van der Waals surface area contributed by atoms with Crippen LogP contribution in [0.3, 0.4) is 0 Å². The molecule has 0 spiro atoms. The Hall–Kier alpha value is -2.20. The molecule has 0 aromatic carbocycles. The Morgan fingerprint density at radius 2 is 1.44 bits per heavy atom. The molecule has 88 valence electrons. The molecule has 2 aliphatic rings. The fraction of sp³-hybridized carbons (Fsp3) is 0.429. The Bertz CT molecular complexity index is 603. The first-order valence-corrected chi connectivity index (χ1v) is 6.06. The minimum atomic E-state index is 0.164. The zero-order valence-electron chi connectivity index (χ0n) is 10.4. The Morgan fingerprint density at radius 3 is 1.78 bits per heavy atom. The van der Waals surface area contributed by atoms with Gasteiger partial charge in [-0.15, -0.1) is 0 Å². The lowest BCUT2D eigenvalue weighted by molar-refractivity contribution is 0.676. The summed E-state index contributed by atoms with van der Waals surface area (Å²) in [6, 6.07) is 3.94. The Morgan fingerprint density at radius 1 is 1.00 bits per heavy atom. The summed E-state index contributed by atoms with van der Waals surface area (Å²) in [5, 5.41) is 18.0. The molecule has 2 aliphatic carbocycles. The molecule has 2 unspecified atom stereocenters. The predicted octanol–water partition coefficient (Wildman–Crippen LogP) is 2.53. The molecule has 1 aromatic rings. The van der Waals surface area contributed by atoms with Gasteiger partial charge in [0.1, 0.15) is 12.1 Å². The second-order valence-electron chi connectivity index (χ2n) is 5.05. The van der Waals surface area contributed by atoms with Gasteiger partial charge < -0.3 is 0 Å². The van der Waals surface area contributed by atoms with Gasteiger partial charge in [0.05, 0.1) is 11.4 Å². The molecule has 1 aromatic heterocycles. The number of fused-ring (bicyclic) bond motifs is 5. The van der Waals surface area contributed by atoms with Crippen molar-refractivity contribution < 1.29 is 0 Å². The van der Waals surface area contributed by atoms with Gasteiger partial charge in [0.2, 0.25) is 0 Å². The van der Waals surface area contributed by atoms with Gasteiger partial charge in [0.15, 0.2) is 11.4 Å². The number of aromatic nitrogens is 2. The van der Waals surface area contributed by atoms with Crippen LogP contribution in [-0.4, -0.2) is 9.97 Å². The van der Waals surface area contributed by atoms with Gasteiger partial charge in [0.25, 0.3) is 0 Å². The van der Waals surface area contributed by atoms with Crippen molar-refractivity contribution in [2.75, 3.05) is 0 Å². The molecule has 1 heterocycles. The SMILES string of the molecule is CC(C)=C1C2CCC1c1nc(C#N)c(C#N)nc12. The van der Waals surface area contributed by atoms with Crippen LogP contribution in [0.4, 0.5) is 0 Å². The average Bonchev–Trinajstić information content (AvgIpc) is 2.93. The lowest BCUT2D eigenvalue weighted by Gasteiger charge is -2.12. The summed E-state index contributed by atoms with van der Waals surface area (Å²) in [4.78, 5) is 8.76. The second kappa shape index (κ2) is 3.65. The van der Waals surface area contributed by atoms with Crippen molar-refractivity contribution in [1.29, 1.82) is 10.5 Å². The maximum Gasteiger partial charge on any atom is 0.177 e. The molecule has 1 saturated carbocycles. The van der Waals surface area contributed by atoms with Crippen LogP contribution in [0.1, 0.15) is 61.3 Å². The van der Waals surface area contributed by atoms with E-state index < -0.39 is 0 Å². The van der Waals surface area contributed by atoms with Crippen molar-refractivity contribution in [3.8, 4) is 12.1 Å². The molecule has 0 radical (unpaired) electrons. The van der Waals surface area contributed by atoms with Gasteiger partial charge in [-0.2, -0.15) is 10.5 Å². The second-order valence-corrected chi connectivity index (χ2v) is 5.05. The summed E-state index contributed by atoms with van der Waals surface area (Å²) < 4.78 is 0. The molecule has 0 amide bonds. The fourth-order valence-electron chi connectivity index (χ4n) is 3.28. The first-order valence-electron chi connectivity index (χ1n) is 6.06. The summed E-state index contributed by atoms with van der Waals surface area (Å²) >= 11 is 0. The quantitative estimate of drug-likeness (QED) is 0.649. The Balaban J connectivity index is 2.25. The van der Waals surface area contributed by atoms with E-state index in [2.05, 4.69) is 23.8 Å². The van der Waals surface area contributed by atoms with Crippen molar-refractivity contribution in [3.63, 3.8) is 0 Å². The van der Waals surface area contributed by atoms with E-state index in [0.29, 0.717) is 11.8 Å². The lowest BCUT2D eigenvalue weighted by atomic mass is 10.00. The van der Waals surface area contributed by atoms with Crippen molar-refractivity contribution in [2.24, 2.45) is 0 Å². The van der Waals surface area contributed by atoms with Crippen LogP contribution in [0.5, 0.6) is 0 Å². The number of hydrogen-bond donors (Lipinski definition) is 0. The smallest absolute Gasteiger partial charge is 0.177 e. The highest BCUT2D eigenvalue weighted by atomic mass is 14.9. The zero-order chi connectivity index (χ0) is 12.9. The molecular weight excluding hydrogens is 224 g/mol. The lowest BCUT2D eigenvalue weighted by Crippen LogP contribution is -2.08. The molecule has 0 N–H and O–H groups in total. The van der Waals surface area contributed by atoms with Crippen LogP contribution in [0.15, 0.2) is 11.1 Å². The van der Waals surface area contributed by atoms with E-state index in [4.69, 9.17) is 10.5 Å². The molecule has 0 saturated heterocycles. The number of nitriles is 2. The Labute approximate surface area is 106 Å². The fourth-order valence-corrected chi connectivity index (χ4v) is 3.28. The van der Waals surface area contributed by atoms with Gasteiger partial charge in [-0.3, -0.25) is 0 Å². The maximum absolute atomic E-state index is 9.01. The monoisotopic (exact) mass is 236 g/mol. The first kappa shape index (κ1) is 10.9. The summed E-state index contributed by atoms with van der Waals surface area (Å²) in [7, 11) is 0. The third-order valence-corrected chi connectivity index (χ3v) is 3.90. The molecule has 18 heavy (non-hydrogen) atoms. The standard InChI is InChI=1S/C14H12N4/c1-7(2)12-8-3-4-9(12)14-13(8)17-10(5-15)11(6-16)18-14/h8-9H,3-4H2,1-2H3. The van der Waals surface area contributed by atoms with Crippen molar-refractivity contribution in [3.05, 3.63) is 33.9 Å². The number of hydrogen-bond acceptors (Lipinski definition) is 4. The van der Waals surface area contributed by atoms with Gasteiger partial charge >= 0.3 is 0 Å². The molecule has 3 rings (SSSR count). The first-order chi connectivity index (χ1) is 8.67. The van der Waals surface area contributed by atoms with Crippen LogP contribution in [0, 0.1) is 22.7 Å². The predicted molar refractivity (Wildman–Crippen MR) is 64.6 cm³/mol. The van der Waals surface area contributed by atoms with E-state index in [0.717, 1.165) is 24.2 Å². The summed E-state index contributed by atoms with van der Waals surface area (Å²) in [5.41, 5.74) is 4.91. The van der Waals surface area contributed by atoms with E-state index >= 15 is 0 Å². The van der Waals surface area contributed by atoms with E-state index in [1.165, 1.54) is 11.1 Å². The maximum atomic E-state index is 9.01. The van der Waals surface area contributed by atoms with E-state index in [9.17, 15) is 0 Å². The number of allylic oxidation sites excluding steroid dienone is 2. The van der Waals surface area contributed by atoms with E-state index in [-0.39, 0.29) is 11.4 Å².